The van der Waals surface area contributed by atoms with Gasteiger partial charge >= 0.3 is 5.97 Å². The zero-order chi connectivity index (χ0) is 19.6. The molecule has 1 aliphatic carbocycles. The summed E-state index contributed by atoms with van der Waals surface area (Å²) in [7, 11) is 0. The Labute approximate surface area is 164 Å². The molecule has 0 radical (unpaired) electrons. The first-order chi connectivity index (χ1) is 12.8. The van der Waals surface area contributed by atoms with E-state index in [-0.39, 0.29) is 12.3 Å². The van der Waals surface area contributed by atoms with Gasteiger partial charge in [-0.25, -0.2) is 4.39 Å². The molecule has 0 aromatic heterocycles. The topological polar surface area (TPSA) is 37.3 Å². The highest BCUT2D eigenvalue weighted by molar-refractivity contribution is 6.33. The van der Waals surface area contributed by atoms with Crippen molar-refractivity contribution in [3.63, 3.8) is 0 Å². The Hall–Kier alpha value is -2.39. The minimum Gasteiger partial charge on any atom is -0.481 e. The summed E-state index contributed by atoms with van der Waals surface area (Å²) in [5, 5.41) is 9.89. The van der Waals surface area contributed by atoms with Crippen LogP contribution >= 0.6 is 11.6 Å². The van der Waals surface area contributed by atoms with Crippen molar-refractivity contribution in [2.75, 3.05) is 0 Å². The number of alkyl halides is 1. The molecule has 0 saturated carbocycles. The van der Waals surface area contributed by atoms with Crippen molar-refractivity contribution in [1.82, 2.24) is 0 Å². The van der Waals surface area contributed by atoms with E-state index in [2.05, 4.69) is 6.58 Å². The molecule has 0 aliphatic heterocycles. The van der Waals surface area contributed by atoms with Gasteiger partial charge < -0.3 is 5.11 Å². The second kappa shape index (κ2) is 7.69. The highest BCUT2D eigenvalue weighted by Gasteiger charge is 2.27. The summed E-state index contributed by atoms with van der Waals surface area (Å²) < 4.78 is 14.3. The number of rotatable bonds is 6. The molecule has 0 amide bonds. The van der Waals surface area contributed by atoms with Gasteiger partial charge in [0.05, 0.1) is 6.42 Å². The van der Waals surface area contributed by atoms with Gasteiger partial charge in [0.2, 0.25) is 0 Å². The lowest BCUT2D eigenvalue weighted by molar-refractivity contribution is -0.135. The Morgan fingerprint density at radius 1 is 1.30 bits per heavy atom. The first kappa shape index (κ1) is 19.4. The molecule has 3 rings (SSSR count). The number of allylic oxidation sites excluding steroid dienone is 2. The highest BCUT2D eigenvalue weighted by Crippen LogP contribution is 2.40. The predicted octanol–water partition coefficient (Wildman–Crippen LogP) is 5.90. The first-order valence-electron chi connectivity index (χ1n) is 8.92. The summed E-state index contributed by atoms with van der Waals surface area (Å²) in [6.07, 6.45) is 2.63. The van der Waals surface area contributed by atoms with E-state index in [0.29, 0.717) is 22.6 Å². The summed E-state index contributed by atoms with van der Waals surface area (Å²) in [6, 6.07) is 15.1. The lowest BCUT2D eigenvalue weighted by atomic mass is 9.80. The normalized spacial score (nSPS) is 18.6. The first-order valence-corrected chi connectivity index (χ1v) is 9.30. The number of hydrogen-bond donors (Lipinski definition) is 1. The molecule has 0 saturated heterocycles. The molecule has 1 N–H and O–H groups in total. The van der Waals surface area contributed by atoms with Crippen LogP contribution < -0.4 is 0 Å². The average molecular weight is 385 g/mol. The maximum absolute atomic E-state index is 14.3. The number of hydrogen-bond acceptors (Lipinski definition) is 1. The van der Waals surface area contributed by atoms with Gasteiger partial charge in [-0.3, -0.25) is 4.79 Å². The molecule has 0 fully saturated rings. The molecular weight excluding hydrogens is 363 g/mol. The zero-order valence-electron chi connectivity index (χ0n) is 15.2. The highest BCUT2D eigenvalue weighted by atomic mass is 35.5. The van der Waals surface area contributed by atoms with Crippen LogP contribution in [0.4, 0.5) is 4.39 Å². The number of benzene rings is 2. The standard InChI is InChI=1S/C23H22ClFO2/c1-3-23(2,25)18-10-8-15(9-11-18)12-17-13-16-6-4-5-7-19(16)20(22(17)24)14-21(26)27/h3-11,17H,1,12-14H2,2H3,(H,26,27). The molecule has 27 heavy (non-hydrogen) atoms. The Bertz CT molecular complexity index is 897. The summed E-state index contributed by atoms with van der Waals surface area (Å²) in [4.78, 5) is 11.3. The van der Waals surface area contributed by atoms with Crippen molar-refractivity contribution in [2.24, 2.45) is 5.92 Å². The molecule has 1 aliphatic rings. The fraction of sp³-hybridized carbons (Fsp3) is 0.261. The summed E-state index contributed by atoms with van der Waals surface area (Å²) >= 11 is 6.64. The number of carboxylic acid groups (broad SMARTS) is 1. The Balaban J connectivity index is 1.89. The van der Waals surface area contributed by atoms with Crippen LogP contribution in [0.2, 0.25) is 0 Å². The van der Waals surface area contributed by atoms with Crippen LogP contribution in [-0.4, -0.2) is 11.1 Å². The Kier molecular flexibility index (Phi) is 5.52. The fourth-order valence-electron chi connectivity index (χ4n) is 3.58. The van der Waals surface area contributed by atoms with Crippen molar-refractivity contribution < 1.29 is 14.3 Å². The van der Waals surface area contributed by atoms with Crippen LogP contribution in [0.1, 0.15) is 35.6 Å². The second-order valence-corrected chi connectivity index (χ2v) is 7.54. The van der Waals surface area contributed by atoms with Crippen molar-refractivity contribution >= 4 is 23.1 Å². The van der Waals surface area contributed by atoms with Gasteiger partial charge in [-0.1, -0.05) is 72.8 Å². The van der Waals surface area contributed by atoms with E-state index in [1.807, 2.05) is 36.4 Å². The van der Waals surface area contributed by atoms with E-state index in [0.717, 1.165) is 23.1 Å². The zero-order valence-corrected chi connectivity index (χ0v) is 16.0. The summed E-state index contributed by atoms with van der Waals surface area (Å²) in [6.45, 7) is 5.02. The van der Waals surface area contributed by atoms with Gasteiger partial charge in [0.1, 0.15) is 0 Å². The van der Waals surface area contributed by atoms with Gasteiger partial charge in [-0.15, -0.1) is 0 Å². The SMILES string of the molecule is C=CC(C)(F)c1ccc(CC2Cc3ccccc3C(CC(=O)O)=C2Cl)cc1. The van der Waals surface area contributed by atoms with Crippen LogP contribution in [0.15, 0.2) is 66.2 Å². The van der Waals surface area contributed by atoms with Gasteiger partial charge in [-0.05, 0) is 47.6 Å². The largest absolute Gasteiger partial charge is 0.481 e. The van der Waals surface area contributed by atoms with Gasteiger partial charge in [0, 0.05) is 11.0 Å². The van der Waals surface area contributed by atoms with E-state index in [1.54, 1.807) is 12.1 Å². The molecule has 0 bridgehead atoms. The average Bonchev–Trinajstić information content (AvgIpc) is 2.65. The smallest absolute Gasteiger partial charge is 0.307 e. The van der Waals surface area contributed by atoms with E-state index >= 15 is 0 Å². The number of fused-ring (bicyclic) bond motifs is 1. The fourth-order valence-corrected chi connectivity index (χ4v) is 3.91. The molecular formula is C23H22ClFO2. The molecule has 0 heterocycles. The second-order valence-electron chi connectivity index (χ2n) is 7.14. The third-order valence-corrected chi connectivity index (χ3v) is 5.70. The number of halogens is 2. The van der Waals surface area contributed by atoms with E-state index in [4.69, 9.17) is 11.6 Å². The Morgan fingerprint density at radius 2 is 1.96 bits per heavy atom. The molecule has 140 valence electrons. The van der Waals surface area contributed by atoms with Crippen molar-refractivity contribution in [1.29, 1.82) is 0 Å². The van der Waals surface area contributed by atoms with Gasteiger partial charge in [0.15, 0.2) is 5.67 Å². The van der Waals surface area contributed by atoms with E-state index < -0.39 is 11.6 Å². The maximum atomic E-state index is 14.3. The van der Waals surface area contributed by atoms with Crippen LogP contribution in [0.3, 0.4) is 0 Å². The maximum Gasteiger partial charge on any atom is 0.307 e. The molecule has 2 unspecified atom stereocenters. The third-order valence-electron chi connectivity index (χ3n) is 5.17. The molecule has 2 aromatic carbocycles. The van der Waals surface area contributed by atoms with Crippen LogP contribution in [0.25, 0.3) is 5.57 Å². The predicted molar refractivity (Wildman–Crippen MR) is 107 cm³/mol. The molecule has 4 heteroatoms. The summed E-state index contributed by atoms with van der Waals surface area (Å²) in [5.74, 6) is -0.882. The number of carbonyl (C=O) groups is 1. The lowest BCUT2D eigenvalue weighted by Crippen LogP contribution is -2.18. The van der Waals surface area contributed by atoms with Gasteiger partial charge in [0.25, 0.3) is 0 Å². The van der Waals surface area contributed by atoms with E-state index in [9.17, 15) is 14.3 Å². The number of carboxylic acids is 1. The lowest BCUT2D eigenvalue weighted by Gasteiger charge is -2.27. The number of aliphatic carboxylic acids is 1. The summed E-state index contributed by atoms with van der Waals surface area (Å²) in [5.41, 5.74) is 2.77. The third kappa shape index (κ3) is 4.14. The van der Waals surface area contributed by atoms with Crippen molar-refractivity contribution in [3.8, 4) is 0 Å². The van der Waals surface area contributed by atoms with Crippen molar-refractivity contribution in [2.45, 2.75) is 31.9 Å². The molecule has 2 aromatic rings. The minimum atomic E-state index is -1.56. The molecule has 2 nitrogen and oxygen atoms in total. The molecule has 0 spiro atoms. The van der Waals surface area contributed by atoms with Crippen LogP contribution in [0.5, 0.6) is 0 Å². The van der Waals surface area contributed by atoms with Gasteiger partial charge in [-0.2, -0.15) is 0 Å². The van der Waals surface area contributed by atoms with E-state index in [1.165, 1.54) is 13.0 Å². The van der Waals surface area contributed by atoms with Crippen molar-refractivity contribution in [3.05, 3.63) is 88.5 Å². The quantitative estimate of drug-likeness (QED) is 0.630. The van der Waals surface area contributed by atoms with Crippen LogP contribution in [-0.2, 0) is 23.3 Å². The Morgan fingerprint density at radius 3 is 2.59 bits per heavy atom. The monoisotopic (exact) mass is 384 g/mol. The van der Waals surface area contributed by atoms with Crippen LogP contribution in [0, 0.1) is 5.92 Å². The molecule has 2 atom stereocenters. The minimum absolute atomic E-state index is 0.0120.